The lowest BCUT2D eigenvalue weighted by Crippen LogP contribution is -2.50. The average Bonchev–Trinajstić information content (AvgIpc) is 3.31. The van der Waals surface area contributed by atoms with Gasteiger partial charge in [-0.1, -0.05) is 48.7 Å². The third kappa shape index (κ3) is 7.17. The number of hydrogen-bond donors (Lipinski definition) is 1. The first-order chi connectivity index (χ1) is 15.5. The predicted molar refractivity (Wildman–Crippen MR) is 131 cm³/mol. The molecule has 0 unspecified atom stereocenters. The van der Waals surface area contributed by atoms with Gasteiger partial charge in [0.25, 0.3) is 0 Å². The van der Waals surface area contributed by atoms with Gasteiger partial charge in [0.2, 0.25) is 11.8 Å². The molecule has 0 aromatic heterocycles. The lowest BCUT2D eigenvalue weighted by molar-refractivity contribution is -0.138. The zero-order valence-electron chi connectivity index (χ0n) is 18.7. The Balaban J connectivity index is 1.63. The van der Waals surface area contributed by atoms with Crippen LogP contribution in [0.15, 0.2) is 48.5 Å². The molecule has 32 heavy (non-hydrogen) atoms. The molecule has 0 aliphatic heterocycles. The van der Waals surface area contributed by atoms with Gasteiger partial charge in [-0.25, -0.2) is 0 Å². The molecular formula is C25H31ClN2O3S. The second-order valence-corrected chi connectivity index (χ2v) is 9.58. The van der Waals surface area contributed by atoms with Crippen LogP contribution in [0.25, 0.3) is 0 Å². The highest BCUT2D eigenvalue weighted by Gasteiger charge is 2.28. The minimum absolute atomic E-state index is 0.0486. The van der Waals surface area contributed by atoms with Gasteiger partial charge in [-0.2, -0.15) is 0 Å². The van der Waals surface area contributed by atoms with E-state index in [0.717, 1.165) is 42.6 Å². The van der Waals surface area contributed by atoms with E-state index >= 15 is 0 Å². The Morgan fingerprint density at radius 1 is 1.09 bits per heavy atom. The lowest BCUT2D eigenvalue weighted by Gasteiger charge is -2.29. The fourth-order valence-corrected chi connectivity index (χ4v) is 4.82. The maximum absolute atomic E-state index is 13.2. The van der Waals surface area contributed by atoms with Crippen LogP contribution in [-0.4, -0.2) is 41.7 Å². The van der Waals surface area contributed by atoms with E-state index in [1.165, 1.54) is 0 Å². The number of rotatable bonds is 10. The van der Waals surface area contributed by atoms with Crippen molar-refractivity contribution in [2.45, 2.75) is 57.0 Å². The summed E-state index contributed by atoms with van der Waals surface area (Å²) in [5, 5.41) is 3.78. The first-order valence-corrected chi connectivity index (χ1v) is 12.5. The number of nitrogens with zero attached hydrogens (tertiary/aromatic N) is 1. The van der Waals surface area contributed by atoms with Gasteiger partial charge in [0, 0.05) is 23.4 Å². The summed E-state index contributed by atoms with van der Waals surface area (Å²) in [5.74, 6) is 1.70. The summed E-state index contributed by atoms with van der Waals surface area (Å²) in [6.07, 6.45) is 4.33. The summed E-state index contributed by atoms with van der Waals surface area (Å²) >= 11 is 7.56. The van der Waals surface area contributed by atoms with Crippen molar-refractivity contribution in [1.82, 2.24) is 10.2 Å². The number of amides is 2. The van der Waals surface area contributed by atoms with Crippen molar-refractivity contribution in [2.24, 2.45) is 0 Å². The fraction of sp³-hybridized carbons (Fsp3) is 0.440. The van der Waals surface area contributed by atoms with Crippen molar-refractivity contribution < 1.29 is 14.3 Å². The molecule has 0 saturated heterocycles. The summed E-state index contributed by atoms with van der Waals surface area (Å²) in [6.45, 7) is 2.19. The summed E-state index contributed by atoms with van der Waals surface area (Å²) in [5.41, 5.74) is 2.07. The molecule has 1 aliphatic rings. The average molecular weight is 475 g/mol. The predicted octanol–water partition coefficient (Wildman–Crippen LogP) is 5.06. The smallest absolute Gasteiger partial charge is 0.242 e. The van der Waals surface area contributed by atoms with Crippen molar-refractivity contribution in [3.05, 3.63) is 64.7 Å². The Hall–Kier alpha value is -2.18. The number of hydrogen-bond acceptors (Lipinski definition) is 4. The van der Waals surface area contributed by atoms with E-state index in [1.807, 2.05) is 43.3 Å². The fourth-order valence-electron chi connectivity index (χ4n) is 3.82. The molecule has 2 aromatic carbocycles. The molecule has 7 heteroatoms. The quantitative estimate of drug-likeness (QED) is 0.523. The highest BCUT2D eigenvalue weighted by molar-refractivity contribution is 7.99. The Labute approximate surface area is 199 Å². The van der Waals surface area contributed by atoms with Crippen LogP contribution < -0.4 is 10.1 Å². The zero-order chi connectivity index (χ0) is 22.9. The first kappa shape index (κ1) is 24.5. The van der Waals surface area contributed by atoms with E-state index in [4.69, 9.17) is 16.3 Å². The highest BCUT2D eigenvalue weighted by atomic mass is 35.5. The van der Waals surface area contributed by atoms with Gasteiger partial charge in [0.1, 0.15) is 11.8 Å². The molecule has 1 aliphatic carbocycles. The first-order valence-electron chi connectivity index (χ1n) is 11.0. The molecule has 0 spiro atoms. The van der Waals surface area contributed by atoms with Crippen LogP contribution in [0.4, 0.5) is 0 Å². The SMILES string of the molecule is COc1ccc(CSCC(=O)N(Cc2ccc(Cl)cc2)[C@H](C)C(=O)NC2CCCC2)cc1. The molecule has 1 N–H and O–H groups in total. The molecule has 0 bridgehead atoms. The van der Waals surface area contributed by atoms with Crippen LogP contribution >= 0.6 is 23.4 Å². The number of ether oxygens (including phenoxy) is 1. The van der Waals surface area contributed by atoms with Gasteiger partial charge >= 0.3 is 0 Å². The lowest BCUT2D eigenvalue weighted by atomic mass is 10.1. The second-order valence-electron chi connectivity index (χ2n) is 8.15. The molecule has 1 saturated carbocycles. The Kier molecular flexibility index (Phi) is 9.30. The van der Waals surface area contributed by atoms with Crippen molar-refractivity contribution >= 4 is 35.2 Å². The van der Waals surface area contributed by atoms with Crippen molar-refractivity contribution in [2.75, 3.05) is 12.9 Å². The monoisotopic (exact) mass is 474 g/mol. The van der Waals surface area contributed by atoms with Gasteiger partial charge in [0.05, 0.1) is 12.9 Å². The molecule has 0 radical (unpaired) electrons. The molecule has 2 amide bonds. The zero-order valence-corrected chi connectivity index (χ0v) is 20.3. The molecule has 0 heterocycles. The molecule has 1 fully saturated rings. The summed E-state index contributed by atoms with van der Waals surface area (Å²) in [6, 6.07) is 14.9. The van der Waals surface area contributed by atoms with E-state index in [1.54, 1.807) is 35.9 Å². The van der Waals surface area contributed by atoms with Crippen LogP contribution in [0.5, 0.6) is 5.75 Å². The van der Waals surface area contributed by atoms with Crippen molar-refractivity contribution in [3.63, 3.8) is 0 Å². The number of methoxy groups -OCH3 is 1. The molecule has 2 aromatic rings. The largest absolute Gasteiger partial charge is 0.497 e. The Morgan fingerprint density at radius 2 is 1.72 bits per heavy atom. The minimum Gasteiger partial charge on any atom is -0.497 e. The summed E-state index contributed by atoms with van der Waals surface area (Å²) in [4.78, 5) is 27.7. The maximum Gasteiger partial charge on any atom is 0.242 e. The number of halogens is 1. The molecule has 3 rings (SSSR count). The van der Waals surface area contributed by atoms with Crippen LogP contribution in [0.2, 0.25) is 5.02 Å². The van der Waals surface area contributed by atoms with Crippen LogP contribution in [0, 0.1) is 0 Å². The topological polar surface area (TPSA) is 58.6 Å². The van der Waals surface area contributed by atoms with Crippen LogP contribution in [-0.2, 0) is 21.9 Å². The number of benzene rings is 2. The number of nitrogens with one attached hydrogen (secondary N) is 1. The molecule has 5 nitrogen and oxygen atoms in total. The van der Waals surface area contributed by atoms with E-state index in [2.05, 4.69) is 5.32 Å². The van der Waals surface area contributed by atoms with Gasteiger partial charge in [-0.3, -0.25) is 9.59 Å². The second kappa shape index (κ2) is 12.2. The normalized spacial score (nSPS) is 14.7. The van der Waals surface area contributed by atoms with Gasteiger partial charge in [-0.05, 0) is 55.2 Å². The molecular weight excluding hydrogens is 444 g/mol. The third-order valence-electron chi connectivity index (χ3n) is 5.79. The van der Waals surface area contributed by atoms with E-state index in [0.29, 0.717) is 23.1 Å². The van der Waals surface area contributed by atoms with Gasteiger partial charge < -0.3 is 15.0 Å². The number of thioether (sulfide) groups is 1. The maximum atomic E-state index is 13.2. The van der Waals surface area contributed by atoms with E-state index in [9.17, 15) is 9.59 Å². The third-order valence-corrected chi connectivity index (χ3v) is 7.03. The van der Waals surface area contributed by atoms with Gasteiger partial charge in [-0.15, -0.1) is 11.8 Å². The Morgan fingerprint density at radius 3 is 2.34 bits per heavy atom. The summed E-state index contributed by atoms with van der Waals surface area (Å²) in [7, 11) is 1.64. The number of carbonyl (C=O) groups excluding carboxylic acids is 2. The van der Waals surface area contributed by atoms with Crippen molar-refractivity contribution in [1.29, 1.82) is 0 Å². The van der Waals surface area contributed by atoms with Crippen molar-refractivity contribution in [3.8, 4) is 5.75 Å². The van der Waals surface area contributed by atoms with Crippen LogP contribution in [0.3, 0.4) is 0 Å². The van der Waals surface area contributed by atoms with Crippen LogP contribution in [0.1, 0.15) is 43.7 Å². The number of carbonyl (C=O) groups is 2. The molecule has 172 valence electrons. The van der Waals surface area contributed by atoms with Gasteiger partial charge in [0.15, 0.2) is 0 Å². The standard InChI is InChI=1S/C25H31ClN2O3S/c1-18(25(30)27-22-5-3-4-6-22)28(15-19-7-11-21(26)12-8-19)24(29)17-32-16-20-9-13-23(31-2)14-10-20/h7-14,18,22H,3-6,15-17H2,1-2H3,(H,27,30)/t18-/m1/s1. The summed E-state index contributed by atoms with van der Waals surface area (Å²) < 4.78 is 5.19. The Bertz CT molecular complexity index is 883. The highest BCUT2D eigenvalue weighted by Crippen LogP contribution is 2.21. The molecule has 1 atom stereocenters. The minimum atomic E-state index is -0.541. The van der Waals surface area contributed by atoms with E-state index < -0.39 is 6.04 Å². The van der Waals surface area contributed by atoms with E-state index in [-0.39, 0.29) is 17.9 Å².